The van der Waals surface area contributed by atoms with Crippen LogP contribution in [0.15, 0.2) is 24.3 Å². The number of hydrogen-bond donors (Lipinski definition) is 0. The van der Waals surface area contributed by atoms with Gasteiger partial charge in [-0.1, -0.05) is 24.4 Å². The van der Waals surface area contributed by atoms with Gasteiger partial charge < -0.3 is 0 Å². The van der Waals surface area contributed by atoms with Gasteiger partial charge in [-0.25, -0.2) is 9.07 Å². The third-order valence-electron chi connectivity index (χ3n) is 3.78. The van der Waals surface area contributed by atoms with Crippen LogP contribution in [0.25, 0.3) is 5.69 Å². The molecule has 0 aliphatic heterocycles. The number of nitrogens with zero attached hydrogens (tertiary/aromatic N) is 3. The number of rotatable bonds is 2. The van der Waals surface area contributed by atoms with Crippen LogP contribution < -0.4 is 0 Å². The van der Waals surface area contributed by atoms with E-state index in [1.165, 1.54) is 16.8 Å². The average molecular weight is 290 g/mol. The van der Waals surface area contributed by atoms with Crippen molar-refractivity contribution in [1.82, 2.24) is 9.78 Å². The van der Waals surface area contributed by atoms with E-state index in [1.54, 1.807) is 12.1 Å². The van der Waals surface area contributed by atoms with Crippen molar-refractivity contribution in [2.24, 2.45) is 0 Å². The molecule has 0 spiro atoms. The monoisotopic (exact) mass is 289 g/mol. The molecule has 3 nitrogen and oxygen atoms in total. The second-order valence-electron chi connectivity index (χ2n) is 5.03. The highest BCUT2D eigenvalue weighted by molar-refractivity contribution is 6.31. The molecule has 3 rings (SSSR count). The van der Waals surface area contributed by atoms with Gasteiger partial charge in [-0.3, -0.25) is 0 Å². The molecule has 1 fully saturated rings. The van der Waals surface area contributed by atoms with E-state index >= 15 is 0 Å². The first-order valence-corrected chi connectivity index (χ1v) is 7.03. The number of halogens is 2. The molecule has 1 aliphatic carbocycles. The molecule has 5 heteroatoms. The molecule has 1 aliphatic rings. The van der Waals surface area contributed by atoms with Gasteiger partial charge in [0.05, 0.1) is 11.4 Å². The van der Waals surface area contributed by atoms with Crippen LogP contribution in [0.3, 0.4) is 0 Å². The number of benzene rings is 1. The van der Waals surface area contributed by atoms with Crippen molar-refractivity contribution in [2.75, 3.05) is 0 Å². The molecule has 1 heterocycles. The molecule has 102 valence electrons. The lowest BCUT2D eigenvalue weighted by Gasteiger charge is -2.05. The Morgan fingerprint density at radius 1 is 1.25 bits per heavy atom. The molecule has 1 saturated carbocycles. The summed E-state index contributed by atoms with van der Waals surface area (Å²) in [6, 6.07) is 8.07. The standard InChI is InChI=1S/C15H13ClFN3/c16-15-13(9-18)14(10-3-1-2-4-10)19-20(15)12-7-5-11(17)6-8-12/h5-8,10H,1-4H2. The van der Waals surface area contributed by atoms with Gasteiger partial charge in [0.15, 0.2) is 5.15 Å². The first kappa shape index (κ1) is 13.1. The summed E-state index contributed by atoms with van der Waals surface area (Å²) in [5, 5.41) is 14.1. The zero-order chi connectivity index (χ0) is 14.1. The zero-order valence-electron chi connectivity index (χ0n) is 10.8. The van der Waals surface area contributed by atoms with Gasteiger partial charge in [0, 0.05) is 5.92 Å². The number of nitriles is 1. The molecule has 0 radical (unpaired) electrons. The summed E-state index contributed by atoms with van der Waals surface area (Å²) in [5.74, 6) is -0.00241. The van der Waals surface area contributed by atoms with Gasteiger partial charge >= 0.3 is 0 Å². The summed E-state index contributed by atoms with van der Waals surface area (Å²) in [6.45, 7) is 0. The number of hydrogen-bond acceptors (Lipinski definition) is 2. The molecule has 2 aromatic rings. The smallest absolute Gasteiger partial charge is 0.150 e. The van der Waals surface area contributed by atoms with Crippen LogP contribution >= 0.6 is 11.6 Å². The second-order valence-corrected chi connectivity index (χ2v) is 5.39. The van der Waals surface area contributed by atoms with Crippen molar-refractivity contribution in [3.63, 3.8) is 0 Å². The highest BCUT2D eigenvalue weighted by atomic mass is 35.5. The predicted octanol–water partition coefficient (Wildman–Crippen LogP) is 4.19. The zero-order valence-corrected chi connectivity index (χ0v) is 11.6. The second kappa shape index (κ2) is 5.26. The fourth-order valence-corrected chi connectivity index (χ4v) is 3.03. The van der Waals surface area contributed by atoms with Crippen molar-refractivity contribution in [1.29, 1.82) is 5.26 Å². The Labute approximate surface area is 121 Å². The van der Waals surface area contributed by atoms with E-state index < -0.39 is 0 Å². The summed E-state index contributed by atoms with van der Waals surface area (Å²) in [7, 11) is 0. The Bertz CT molecular complexity index is 664. The van der Waals surface area contributed by atoms with E-state index in [9.17, 15) is 9.65 Å². The third-order valence-corrected chi connectivity index (χ3v) is 4.13. The highest BCUT2D eigenvalue weighted by Crippen LogP contribution is 2.37. The van der Waals surface area contributed by atoms with Crippen molar-refractivity contribution >= 4 is 11.6 Å². The molecule has 20 heavy (non-hydrogen) atoms. The van der Waals surface area contributed by atoms with Gasteiger partial charge in [-0.2, -0.15) is 10.4 Å². The Kier molecular flexibility index (Phi) is 3.45. The largest absolute Gasteiger partial charge is 0.221 e. The van der Waals surface area contributed by atoms with Gasteiger partial charge in [-0.15, -0.1) is 0 Å². The Morgan fingerprint density at radius 2 is 1.90 bits per heavy atom. The normalized spacial score (nSPS) is 15.4. The minimum Gasteiger partial charge on any atom is -0.221 e. The molecular formula is C15H13ClFN3. The van der Waals surface area contributed by atoms with E-state index in [-0.39, 0.29) is 5.82 Å². The van der Waals surface area contributed by atoms with Crippen molar-refractivity contribution in [2.45, 2.75) is 31.6 Å². The summed E-state index contributed by atoms with van der Waals surface area (Å²) in [4.78, 5) is 0. The summed E-state index contributed by atoms with van der Waals surface area (Å²) in [6.07, 6.45) is 4.42. The molecule has 0 amide bonds. The molecule has 0 atom stereocenters. The Morgan fingerprint density at radius 3 is 2.50 bits per heavy atom. The molecule has 0 bridgehead atoms. The quantitative estimate of drug-likeness (QED) is 0.831. The Hall–Kier alpha value is -1.86. The van der Waals surface area contributed by atoms with E-state index in [4.69, 9.17) is 11.6 Å². The lowest BCUT2D eigenvalue weighted by atomic mass is 10.0. The van der Waals surface area contributed by atoms with Crippen LogP contribution in [0.4, 0.5) is 4.39 Å². The number of aromatic nitrogens is 2. The Balaban J connectivity index is 2.08. The minimum atomic E-state index is -0.312. The van der Waals surface area contributed by atoms with Gasteiger partial charge in [0.1, 0.15) is 17.4 Å². The summed E-state index contributed by atoms with van der Waals surface area (Å²) >= 11 is 6.27. The SMILES string of the molecule is N#Cc1c(C2CCCC2)nn(-c2ccc(F)cc2)c1Cl. The molecule has 0 N–H and O–H groups in total. The van der Waals surface area contributed by atoms with Crippen molar-refractivity contribution in [3.8, 4) is 11.8 Å². The fraction of sp³-hybridized carbons (Fsp3) is 0.333. The van der Waals surface area contributed by atoms with Crippen LogP contribution in [0.5, 0.6) is 0 Å². The maximum atomic E-state index is 13.0. The first-order chi connectivity index (χ1) is 9.70. The maximum absolute atomic E-state index is 13.0. The fourth-order valence-electron chi connectivity index (χ4n) is 2.76. The molecule has 1 aromatic carbocycles. The van der Waals surface area contributed by atoms with Gasteiger partial charge in [0.2, 0.25) is 0 Å². The molecule has 0 unspecified atom stereocenters. The topological polar surface area (TPSA) is 41.6 Å². The molecule has 0 saturated heterocycles. The lowest BCUT2D eigenvalue weighted by Crippen LogP contribution is -1.99. The predicted molar refractivity (Wildman–Crippen MR) is 74.5 cm³/mol. The third kappa shape index (κ3) is 2.19. The van der Waals surface area contributed by atoms with Gasteiger partial charge in [0.25, 0.3) is 0 Å². The van der Waals surface area contributed by atoms with E-state index in [0.717, 1.165) is 31.4 Å². The van der Waals surface area contributed by atoms with Crippen molar-refractivity contribution in [3.05, 3.63) is 46.5 Å². The van der Waals surface area contributed by atoms with Gasteiger partial charge in [-0.05, 0) is 37.1 Å². The maximum Gasteiger partial charge on any atom is 0.150 e. The lowest BCUT2D eigenvalue weighted by molar-refractivity contribution is 0.626. The summed E-state index contributed by atoms with van der Waals surface area (Å²) < 4.78 is 14.5. The van der Waals surface area contributed by atoms with E-state index in [2.05, 4.69) is 11.2 Å². The summed E-state index contributed by atoms with van der Waals surface area (Å²) in [5.41, 5.74) is 1.89. The molecule has 1 aromatic heterocycles. The van der Waals surface area contributed by atoms with Crippen LogP contribution in [0.1, 0.15) is 42.9 Å². The highest BCUT2D eigenvalue weighted by Gasteiger charge is 2.26. The minimum absolute atomic E-state index is 0.306. The van der Waals surface area contributed by atoms with Crippen LogP contribution in [-0.4, -0.2) is 9.78 Å². The average Bonchev–Trinajstić information content (AvgIpc) is 3.07. The van der Waals surface area contributed by atoms with Crippen LogP contribution in [0.2, 0.25) is 5.15 Å². The molecular weight excluding hydrogens is 277 g/mol. The van der Waals surface area contributed by atoms with E-state index in [0.29, 0.717) is 22.3 Å². The first-order valence-electron chi connectivity index (χ1n) is 6.65. The van der Waals surface area contributed by atoms with Crippen LogP contribution in [-0.2, 0) is 0 Å². The van der Waals surface area contributed by atoms with Crippen molar-refractivity contribution < 1.29 is 4.39 Å². The van der Waals surface area contributed by atoms with Crippen LogP contribution in [0, 0.1) is 17.1 Å². The van der Waals surface area contributed by atoms with E-state index in [1.807, 2.05) is 0 Å².